The largest absolute Gasteiger partial charge is 0.361 e. The monoisotopic (exact) mass is 300 g/mol. The van der Waals surface area contributed by atoms with Crippen LogP contribution in [-0.4, -0.2) is 11.2 Å². The van der Waals surface area contributed by atoms with E-state index in [1.807, 2.05) is 12.1 Å². The first-order valence-corrected chi connectivity index (χ1v) is 6.51. The lowest BCUT2D eigenvalue weighted by Crippen LogP contribution is -2.40. The van der Waals surface area contributed by atoms with Crippen LogP contribution in [0.15, 0.2) is 28.7 Å². The van der Waals surface area contributed by atoms with Gasteiger partial charge in [-0.3, -0.25) is 0 Å². The third-order valence-corrected chi connectivity index (χ3v) is 2.90. The molecule has 1 aromatic rings. The van der Waals surface area contributed by atoms with Gasteiger partial charge in [0.25, 0.3) is 0 Å². The molecule has 1 atom stereocenters. The molecular formula is C12H17BrN2S. The highest BCUT2D eigenvalue weighted by Gasteiger charge is 2.06. The van der Waals surface area contributed by atoms with Crippen LogP contribution in [-0.2, 0) is 0 Å². The van der Waals surface area contributed by atoms with E-state index in [4.69, 9.17) is 12.2 Å². The Morgan fingerprint density at radius 3 is 2.19 bits per heavy atom. The smallest absolute Gasteiger partial charge is 0.166 e. The van der Waals surface area contributed by atoms with Crippen LogP contribution in [0.2, 0.25) is 0 Å². The van der Waals surface area contributed by atoms with E-state index >= 15 is 0 Å². The fourth-order valence-electron chi connectivity index (χ4n) is 1.34. The molecule has 2 nitrogen and oxygen atoms in total. The van der Waals surface area contributed by atoms with Crippen LogP contribution in [0.25, 0.3) is 0 Å². The van der Waals surface area contributed by atoms with Crippen molar-refractivity contribution in [1.29, 1.82) is 0 Å². The molecule has 0 aliphatic heterocycles. The number of rotatable bonds is 3. The average molecular weight is 301 g/mol. The van der Waals surface area contributed by atoms with Crippen molar-refractivity contribution in [2.75, 3.05) is 0 Å². The van der Waals surface area contributed by atoms with Gasteiger partial charge in [-0.05, 0) is 50.7 Å². The van der Waals surface area contributed by atoms with Crippen molar-refractivity contribution in [3.63, 3.8) is 0 Å². The first kappa shape index (κ1) is 13.5. The first-order valence-electron chi connectivity index (χ1n) is 5.31. The molecule has 1 aromatic carbocycles. The Labute approximate surface area is 111 Å². The van der Waals surface area contributed by atoms with E-state index in [0.29, 0.717) is 11.2 Å². The van der Waals surface area contributed by atoms with Crippen molar-refractivity contribution in [3.8, 4) is 0 Å². The zero-order valence-electron chi connectivity index (χ0n) is 9.75. The van der Waals surface area contributed by atoms with Gasteiger partial charge in [0.15, 0.2) is 5.11 Å². The molecule has 4 heteroatoms. The molecule has 0 radical (unpaired) electrons. The highest BCUT2D eigenvalue weighted by Crippen LogP contribution is 2.16. The maximum absolute atomic E-state index is 5.20. The Balaban J connectivity index is 2.55. The first-order chi connectivity index (χ1) is 7.49. The Morgan fingerprint density at radius 1 is 1.12 bits per heavy atom. The molecule has 0 unspecified atom stereocenters. The van der Waals surface area contributed by atoms with E-state index in [1.54, 1.807) is 0 Å². The van der Waals surface area contributed by atoms with Crippen LogP contribution < -0.4 is 10.6 Å². The highest BCUT2D eigenvalue weighted by atomic mass is 79.9. The van der Waals surface area contributed by atoms with Crippen molar-refractivity contribution in [1.82, 2.24) is 10.6 Å². The van der Waals surface area contributed by atoms with Crippen LogP contribution in [0.4, 0.5) is 0 Å². The lowest BCUT2D eigenvalue weighted by Gasteiger charge is -2.19. The van der Waals surface area contributed by atoms with Gasteiger partial charge in [0.05, 0.1) is 6.04 Å². The zero-order valence-corrected chi connectivity index (χ0v) is 12.2. The Hall–Kier alpha value is -0.610. The molecular weight excluding hydrogens is 284 g/mol. The summed E-state index contributed by atoms with van der Waals surface area (Å²) in [5, 5.41) is 7.12. The SMILES string of the molecule is CC(C)NC(=S)N[C@H](C)c1ccc(Br)cc1. The Kier molecular flexibility index (Phi) is 5.22. The molecule has 0 spiro atoms. The summed E-state index contributed by atoms with van der Waals surface area (Å²) in [6.07, 6.45) is 0. The fraction of sp³-hybridized carbons (Fsp3) is 0.417. The number of hydrogen-bond acceptors (Lipinski definition) is 1. The number of nitrogens with one attached hydrogen (secondary N) is 2. The van der Waals surface area contributed by atoms with E-state index in [1.165, 1.54) is 5.56 Å². The van der Waals surface area contributed by atoms with Gasteiger partial charge in [0.2, 0.25) is 0 Å². The summed E-state index contributed by atoms with van der Waals surface area (Å²) in [5.74, 6) is 0. The molecule has 16 heavy (non-hydrogen) atoms. The minimum absolute atomic E-state index is 0.215. The average Bonchev–Trinajstić information content (AvgIpc) is 2.16. The molecule has 1 rings (SSSR count). The van der Waals surface area contributed by atoms with Crippen molar-refractivity contribution in [2.45, 2.75) is 32.9 Å². The minimum atomic E-state index is 0.215. The number of thiocarbonyl (C=S) groups is 1. The summed E-state index contributed by atoms with van der Waals surface area (Å²) in [6.45, 7) is 6.23. The van der Waals surface area contributed by atoms with E-state index in [-0.39, 0.29) is 6.04 Å². The summed E-state index contributed by atoms with van der Waals surface area (Å²) < 4.78 is 1.09. The predicted octanol–water partition coefficient (Wildman–Crippen LogP) is 3.38. The highest BCUT2D eigenvalue weighted by molar-refractivity contribution is 9.10. The van der Waals surface area contributed by atoms with Gasteiger partial charge in [-0.1, -0.05) is 28.1 Å². The Morgan fingerprint density at radius 2 is 1.69 bits per heavy atom. The van der Waals surface area contributed by atoms with Gasteiger partial charge >= 0.3 is 0 Å². The summed E-state index contributed by atoms with van der Waals surface area (Å²) >= 11 is 8.62. The maximum atomic E-state index is 5.20. The normalized spacial score (nSPS) is 12.3. The summed E-state index contributed by atoms with van der Waals surface area (Å²) in [5.41, 5.74) is 1.22. The van der Waals surface area contributed by atoms with Gasteiger partial charge in [0, 0.05) is 10.5 Å². The summed E-state index contributed by atoms with van der Waals surface area (Å²) in [7, 11) is 0. The maximum Gasteiger partial charge on any atom is 0.166 e. The van der Waals surface area contributed by atoms with Gasteiger partial charge in [0.1, 0.15) is 0 Å². The molecule has 0 amide bonds. The lowest BCUT2D eigenvalue weighted by molar-refractivity contribution is 0.664. The van der Waals surface area contributed by atoms with E-state index in [2.05, 4.69) is 59.5 Å². The van der Waals surface area contributed by atoms with Crippen LogP contribution in [0.1, 0.15) is 32.4 Å². The predicted molar refractivity (Wildman–Crippen MR) is 76.6 cm³/mol. The lowest BCUT2D eigenvalue weighted by atomic mass is 10.1. The molecule has 0 fully saturated rings. The third kappa shape index (κ3) is 4.49. The number of hydrogen-bond donors (Lipinski definition) is 2. The van der Waals surface area contributed by atoms with Gasteiger partial charge < -0.3 is 10.6 Å². The molecule has 0 aliphatic rings. The topological polar surface area (TPSA) is 24.1 Å². The minimum Gasteiger partial charge on any atom is -0.361 e. The molecule has 0 saturated carbocycles. The second-order valence-electron chi connectivity index (χ2n) is 4.05. The molecule has 88 valence electrons. The molecule has 0 saturated heterocycles. The van der Waals surface area contributed by atoms with E-state index < -0.39 is 0 Å². The third-order valence-electron chi connectivity index (χ3n) is 2.14. The van der Waals surface area contributed by atoms with Gasteiger partial charge in [-0.15, -0.1) is 0 Å². The van der Waals surface area contributed by atoms with E-state index in [0.717, 1.165) is 4.47 Å². The fourth-order valence-corrected chi connectivity index (χ4v) is 2.01. The molecule has 0 bridgehead atoms. The van der Waals surface area contributed by atoms with E-state index in [9.17, 15) is 0 Å². The quantitative estimate of drug-likeness (QED) is 0.837. The van der Waals surface area contributed by atoms with Crippen LogP contribution >= 0.6 is 28.1 Å². The summed E-state index contributed by atoms with van der Waals surface area (Å²) in [4.78, 5) is 0. The molecule has 0 aliphatic carbocycles. The Bertz CT molecular complexity index is 349. The standard InChI is InChI=1S/C12H17BrN2S/c1-8(2)14-12(16)15-9(3)10-4-6-11(13)7-5-10/h4-9H,1-3H3,(H2,14,15,16)/t9-/m1/s1. The molecule has 0 heterocycles. The molecule has 2 N–H and O–H groups in total. The van der Waals surface area contributed by atoms with Crippen LogP contribution in [0.3, 0.4) is 0 Å². The second-order valence-corrected chi connectivity index (χ2v) is 5.37. The van der Waals surface area contributed by atoms with Crippen molar-refractivity contribution < 1.29 is 0 Å². The van der Waals surface area contributed by atoms with Crippen LogP contribution in [0.5, 0.6) is 0 Å². The molecule has 0 aromatic heterocycles. The van der Waals surface area contributed by atoms with Gasteiger partial charge in [-0.2, -0.15) is 0 Å². The summed E-state index contributed by atoms with van der Waals surface area (Å²) in [6, 6.07) is 8.81. The van der Waals surface area contributed by atoms with Crippen molar-refractivity contribution in [3.05, 3.63) is 34.3 Å². The number of halogens is 1. The number of benzene rings is 1. The zero-order chi connectivity index (χ0) is 12.1. The van der Waals surface area contributed by atoms with Crippen molar-refractivity contribution in [2.24, 2.45) is 0 Å². The van der Waals surface area contributed by atoms with Crippen LogP contribution in [0, 0.1) is 0 Å². The van der Waals surface area contributed by atoms with Crippen molar-refractivity contribution >= 4 is 33.3 Å². The van der Waals surface area contributed by atoms with Gasteiger partial charge in [-0.25, -0.2) is 0 Å². The second kappa shape index (κ2) is 6.21.